The molecule has 1 fully saturated rings. The van der Waals surface area contributed by atoms with Gasteiger partial charge in [0.15, 0.2) is 6.04 Å². The van der Waals surface area contributed by atoms with Gasteiger partial charge in [-0.1, -0.05) is 76.3 Å². The zero-order valence-electron chi connectivity index (χ0n) is 31.1. The van der Waals surface area contributed by atoms with Crippen molar-refractivity contribution in [3.63, 3.8) is 0 Å². The number of hydrogen-bond acceptors (Lipinski definition) is 6. The molecule has 2 aliphatic rings. The van der Waals surface area contributed by atoms with E-state index in [0.717, 1.165) is 49.8 Å². The molecule has 278 valence electrons. The lowest BCUT2D eigenvalue weighted by molar-refractivity contribution is -0.620. The average molecular weight is 702 g/mol. The number of aliphatic hydroxyl groups is 2. The quantitative estimate of drug-likeness (QED) is 0.174. The number of terminal acetylenes is 1. The topological polar surface area (TPSA) is 136 Å². The van der Waals surface area contributed by atoms with Gasteiger partial charge in [0.2, 0.25) is 11.8 Å². The summed E-state index contributed by atoms with van der Waals surface area (Å²) in [5.74, 6) is 1.39. The van der Waals surface area contributed by atoms with Crippen molar-refractivity contribution in [1.29, 1.82) is 0 Å². The molecule has 0 saturated heterocycles. The number of nitrogens with two attached hydrogens (primary N) is 1. The molecule has 9 nitrogen and oxygen atoms in total. The van der Waals surface area contributed by atoms with E-state index >= 15 is 0 Å². The van der Waals surface area contributed by atoms with Crippen LogP contribution in [0.3, 0.4) is 0 Å². The molecule has 3 amide bonds. The average Bonchev–Trinajstić information content (AvgIpc) is 3.13. The minimum atomic E-state index is -1.10. The number of benzene rings is 1. The minimum Gasteiger partial charge on any atom is -0.390 e. The summed E-state index contributed by atoms with van der Waals surface area (Å²) in [7, 11) is 1.75. The third-order valence-electron chi connectivity index (χ3n) is 10.8. The number of rotatable bonds is 18. The number of aliphatic hydroxyl groups excluding tert-OH is 2. The van der Waals surface area contributed by atoms with Crippen LogP contribution in [0.4, 0.5) is 0 Å². The summed E-state index contributed by atoms with van der Waals surface area (Å²) in [6, 6.07) is 10.1. The lowest BCUT2D eigenvalue weighted by atomic mass is 9.82. The van der Waals surface area contributed by atoms with Crippen LogP contribution in [0.1, 0.15) is 107 Å². The summed E-state index contributed by atoms with van der Waals surface area (Å²) in [5, 5.41) is 26.5. The van der Waals surface area contributed by atoms with Crippen LogP contribution in [0.15, 0.2) is 42.6 Å². The Hall–Kier alpha value is -3.58. The molecular weight excluding hydrogens is 640 g/mol. The smallest absolute Gasteiger partial charge is 0.334 e. The van der Waals surface area contributed by atoms with E-state index in [2.05, 4.69) is 22.3 Å². The highest BCUT2D eigenvalue weighted by Gasteiger charge is 2.37. The number of carbonyl (C=O) groups is 3. The molecule has 1 aromatic heterocycles. The van der Waals surface area contributed by atoms with Gasteiger partial charge >= 0.3 is 5.91 Å². The van der Waals surface area contributed by atoms with E-state index in [4.69, 9.17) is 6.42 Å². The Labute approximate surface area is 305 Å². The summed E-state index contributed by atoms with van der Waals surface area (Å²) < 4.78 is 0. The molecule has 1 heterocycles. The second-order valence-electron chi connectivity index (χ2n) is 15.4. The number of nitrogens with zero attached hydrogens (tertiary/aromatic N) is 2. The third kappa shape index (κ3) is 12.9. The molecule has 2 aliphatic carbocycles. The Bertz CT molecular complexity index is 1450. The SMILES string of the molecule is C#CC[C@H](NC(=O)C(CC(=O)N(C)CCc1cc2c(cn1)CCCC2)Cc1ccccc1)C(=O)[NH2+][C@@H](CC1CCCCC1)[C@@H](O)[C@@H](O)CC(C)C. The number of nitrogens with one attached hydrogen (secondary N) is 1. The second kappa shape index (κ2) is 20.5. The molecule has 5 N–H and O–H groups in total. The molecule has 4 rings (SSSR count). The van der Waals surface area contributed by atoms with Gasteiger partial charge in [0, 0.05) is 51.2 Å². The predicted molar refractivity (Wildman–Crippen MR) is 199 cm³/mol. The zero-order chi connectivity index (χ0) is 36.8. The van der Waals surface area contributed by atoms with Gasteiger partial charge in [-0.15, -0.1) is 12.3 Å². The number of likely N-dealkylation sites (N-methyl/N-ethyl adjacent to an activating group) is 1. The number of aryl methyl sites for hydroxylation is 2. The molecule has 2 aromatic rings. The fourth-order valence-electron chi connectivity index (χ4n) is 7.71. The van der Waals surface area contributed by atoms with Crippen molar-refractivity contribution in [3.8, 4) is 12.3 Å². The van der Waals surface area contributed by atoms with Crippen molar-refractivity contribution in [2.75, 3.05) is 13.6 Å². The fraction of sp³-hybridized carbons (Fsp3) is 0.619. The molecule has 0 spiro atoms. The van der Waals surface area contributed by atoms with E-state index in [9.17, 15) is 24.6 Å². The summed E-state index contributed by atoms with van der Waals surface area (Å²) in [4.78, 5) is 47.7. The van der Waals surface area contributed by atoms with Crippen LogP contribution in [-0.2, 0) is 40.1 Å². The molecule has 0 aliphatic heterocycles. The van der Waals surface area contributed by atoms with Crippen molar-refractivity contribution in [3.05, 3.63) is 65.0 Å². The molecule has 1 unspecified atom stereocenters. The highest BCUT2D eigenvalue weighted by Crippen LogP contribution is 2.28. The van der Waals surface area contributed by atoms with Crippen LogP contribution in [0.2, 0.25) is 0 Å². The summed E-state index contributed by atoms with van der Waals surface area (Å²) in [6.45, 7) is 4.45. The standard InChI is InChI=1S/C42H60N4O5/c1-5-14-36(42(51)45-37(25-31-17-10-7-11-18-31)40(49)38(47)23-29(2)3)44-41(50)34(24-30-15-8-6-9-16-30)27-39(48)46(4)22-21-35-26-32-19-12-13-20-33(32)28-43-35/h1,6,8-9,15-16,26,28-29,31,34,36-38,40,47,49H,7,10-14,17-25,27H2,2-4H3,(H,44,50)(H,45,51)/p+1/t34?,36-,37-,38-,40+/m0/s1. The molecule has 0 bridgehead atoms. The normalized spacial score (nSPS) is 17.7. The number of amides is 3. The van der Waals surface area contributed by atoms with Gasteiger partial charge in [-0.3, -0.25) is 19.9 Å². The van der Waals surface area contributed by atoms with E-state index in [-0.39, 0.29) is 30.6 Å². The summed E-state index contributed by atoms with van der Waals surface area (Å²) in [5.41, 5.74) is 4.55. The van der Waals surface area contributed by atoms with Crippen molar-refractivity contribution < 1.29 is 29.9 Å². The lowest BCUT2D eigenvalue weighted by Crippen LogP contribution is -2.98. The Kier molecular flexibility index (Phi) is 16.1. The number of hydrogen-bond donors (Lipinski definition) is 4. The van der Waals surface area contributed by atoms with E-state index < -0.39 is 36.1 Å². The fourth-order valence-corrected chi connectivity index (χ4v) is 7.71. The van der Waals surface area contributed by atoms with E-state index in [0.29, 0.717) is 38.1 Å². The van der Waals surface area contributed by atoms with Gasteiger partial charge in [-0.05, 0) is 73.1 Å². The highest BCUT2D eigenvalue weighted by atomic mass is 16.3. The van der Waals surface area contributed by atoms with Crippen LogP contribution in [0, 0.1) is 30.1 Å². The van der Waals surface area contributed by atoms with Crippen molar-refractivity contribution in [2.24, 2.45) is 17.8 Å². The van der Waals surface area contributed by atoms with Gasteiger partial charge in [0.25, 0.3) is 0 Å². The number of primary amides is 1. The molecule has 1 aromatic carbocycles. The van der Waals surface area contributed by atoms with E-state index in [1.165, 1.54) is 35.7 Å². The van der Waals surface area contributed by atoms with E-state index in [1.54, 1.807) is 11.9 Å². The Morgan fingerprint density at radius 2 is 1.75 bits per heavy atom. The number of aromatic nitrogens is 1. The van der Waals surface area contributed by atoms with Crippen LogP contribution < -0.4 is 10.6 Å². The lowest BCUT2D eigenvalue weighted by Gasteiger charge is -2.30. The van der Waals surface area contributed by atoms with Crippen LogP contribution in [0.5, 0.6) is 0 Å². The van der Waals surface area contributed by atoms with Crippen molar-refractivity contribution in [2.45, 2.75) is 134 Å². The molecule has 9 heteroatoms. The van der Waals surface area contributed by atoms with Gasteiger partial charge in [-0.25, -0.2) is 4.79 Å². The maximum Gasteiger partial charge on any atom is 0.334 e. The third-order valence-corrected chi connectivity index (χ3v) is 10.8. The first-order valence-corrected chi connectivity index (χ1v) is 19.3. The predicted octanol–water partition coefficient (Wildman–Crippen LogP) is 3.92. The van der Waals surface area contributed by atoms with Crippen LogP contribution in [0.25, 0.3) is 0 Å². The van der Waals surface area contributed by atoms with Gasteiger partial charge in [0.05, 0.1) is 12.0 Å². The van der Waals surface area contributed by atoms with Crippen molar-refractivity contribution in [1.82, 2.24) is 15.2 Å². The zero-order valence-corrected chi connectivity index (χ0v) is 31.1. The second-order valence-corrected chi connectivity index (χ2v) is 15.4. The molecule has 51 heavy (non-hydrogen) atoms. The Morgan fingerprint density at radius 1 is 1.04 bits per heavy atom. The first-order valence-electron chi connectivity index (χ1n) is 19.3. The molecule has 0 radical (unpaired) electrons. The number of carbonyl (C=O) groups excluding carboxylic acids is 3. The maximum atomic E-state index is 14.0. The maximum absolute atomic E-state index is 14.0. The largest absolute Gasteiger partial charge is 0.390 e. The minimum absolute atomic E-state index is 0.0262. The number of pyridine rings is 1. The Balaban J connectivity index is 1.44. The van der Waals surface area contributed by atoms with E-state index in [1.807, 2.05) is 50.4 Å². The van der Waals surface area contributed by atoms with Crippen LogP contribution >= 0.6 is 0 Å². The van der Waals surface area contributed by atoms with Gasteiger partial charge in [0.1, 0.15) is 12.1 Å². The molecule has 1 saturated carbocycles. The van der Waals surface area contributed by atoms with Crippen molar-refractivity contribution >= 4 is 17.7 Å². The van der Waals surface area contributed by atoms with Gasteiger partial charge in [-0.2, -0.15) is 0 Å². The summed E-state index contributed by atoms with van der Waals surface area (Å²) in [6.07, 6.45) is 17.5. The summed E-state index contributed by atoms with van der Waals surface area (Å²) >= 11 is 0. The molecule has 5 atom stereocenters. The highest BCUT2D eigenvalue weighted by molar-refractivity contribution is 5.88. The monoisotopic (exact) mass is 701 g/mol. The molecular formula is C42H61N4O5+. The first kappa shape index (κ1) is 40.2. The Morgan fingerprint density at radius 3 is 2.43 bits per heavy atom. The number of quaternary nitrogens is 1. The van der Waals surface area contributed by atoms with Crippen LogP contribution in [-0.4, -0.2) is 75.7 Å². The number of fused-ring (bicyclic) bond motifs is 1. The van der Waals surface area contributed by atoms with Gasteiger partial charge < -0.3 is 20.4 Å². The first-order chi connectivity index (χ1) is 24.5.